The molecule has 100 valence electrons. The van der Waals surface area contributed by atoms with E-state index in [-0.39, 0.29) is 0 Å². The summed E-state index contributed by atoms with van der Waals surface area (Å²) in [5.41, 5.74) is 0. The molecule has 6 heteroatoms. The van der Waals surface area contributed by atoms with Crippen LogP contribution in [-0.2, 0) is 9.47 Å². The maximum absolute atomic E-state index is 5.36. The van der Waals surface area contributed by atoms with Crippen LogP contribution in [0, 0.1) is 0 Å². The molecule has 0 aliphatic carbocycles. The van der Waals surface area contributed by atoms with Gasteiger partial charge >= 0.3 is 0 Å². The van der Waals surface area contributed by atoms with Gasteiger partial charge in [0.15, 0.2) is 0 Å². The third-order valence-corrected chi connectivity index (χ3v) is 4.21. The highest BCUT2D eigenvalue weighted by atomic mass is 32.2. The quantitative estimate of drug-likeness (QED) is 0.494. The van der Waals surface area contributed by atoms with Gasteiger partial charge in [-0.1, -0.05) is 24.0 Å². The van der Waals surface area contributed by atoms with Gasteiger partial charge in [0.25, 0.3) is 0 Å². The molecule has 1 aliphatic rings. The lowest BCUT2D eigenvalue weighted by molar-refractivity contribution is 0.149. The summed E-state index contributed by atoms with van der Waals surface area (Å²) in [5, 5.41) is 0. The van der Waals surface area contributed by atoms with E-state index in [2.05, 4.69) is 9.80 Å². The highest BCUT2D eigenvalue weighted by Crippen LogP contribution is 2.18. The first-order chi connectivity index (χ1) is 8.27. The molecule has 1 fully saturated rings. The lowest BCUT2D eigenvalue weighted by Crippen LogP contribution is -2.45. The SMILES string of the molecule is COCCCN1CSC(=S)N(CCCOC)C1. The van der Waals surface area contributed by atoms with E-state index < -0.39 is 0 Å². The van der Waals surface area contributed by atoms with Gasteiger partial charge in [0.2, 0.25) is 0 Å². The van der Waals surface area contributed by atoms with Crippen molar-refractivity contribution >= 4 is 28.3 Å². The van der Waals surface area contributed by atoms with Crippen LogP contribution < -0.4 is 0 Å². The molecule has 0 aromatic carbocycles. The maximum Gasteiger partial charge on any atom is 0.138 e. The summed E-state index contributed by atoms with van der Waals surface area (Å²) in [7, 11) is 3.48. The average Bonchev–Trinajstić information content (AvgIpc) is 2.33. The average molecular weight is 278 g/mol. The number of ether oxygens (including phenoxy) is 2. The second kappa shape index (κ2) is 9.10. The van der Waals surface area contributed by atoms with Crippen molar-refractivity contribution in [2.24, 2.45) is 0 Å². The van der Waals surface area contributed by atoms with Gasteiger partial charge in [0, 0.05) is 40.5 Å². The van der Waals surface area contributed by atoms with E-state index in [9.17, 15) is 0 Å². The van der Waals surface area contributed by atoms with Crippen molar-refractivity contribution in [1.82, 2.24) is 9.80 Å². The number of thiocarbonyl (C=S) groups is 1. The fraction of sp³-hybridized carbons (Fsp3) is 0.909. The molecule has 0 bridgehead atoms. The Hall–Kier alpha value is 0.120. The van der Waals surface area contributed by atoms with Crippen molar-refractivity contribution in [3.05, 3.63) is 0 Å². The van der Waals surface area contributed by atoms with Gasteiger partial charge in [-0.15, -0.1) is 0 Å². The molecule has 1 saturated heterocycles. The van der Waals surface area contributed by atoms with Crippen molar-refractivity contribution < 1.29 is 9.47 Å². The molecule has 0 saturated carbocycles. The summed E-state index contributed by atoms with van der Waals surface area (Å²) in [4.78, 5) is 4.67. The standard InChI is InChI=1S/C11H22N2O2S2/c1-14-7-3-5-12-9-13(6-4-8-15-2)11(16)17-10-12/h3-10H2,1-2H3. The molecule has 1 aliphatic heterocycles. The van der Waals surface area contributed by atoms with Crippen LogP contribution in [0.2, 0.25) is 0 Å². The van der Waals surface area contributed by atoms with E-state index >= 15 is 0 Å². The van der Waals surface area contributed by atoms with E-state index in [4.69, 9.17) is 21.7 Å². The monoisotopic (exact) mass is 278 g/mol. The minimum Gasteiger partial charge on any atom is -0.385 e. The highest BCUT2D eigenvalue weighted by molar-refractivity contribution is 8.22. The van der Waals surface area contributed by atoms with Gasteiger partial charge in [-0.3, -0.25) is 4.90 Å². The second-order valence-corrected chi connectivity index (χ2v) is 5.61. The zero-order valence-electron chi connectivity index (χ0n) is 10.7. The molecule has 0 spiro atoms. The third kappa shape index (κ3) is 6.01. The summed E-state index contributed by atoms with van der Waals surface area (Å²) in [6.07, 6.45) is 2.11. The second-order valence-electron chi connectivity index (χ2n) is 4.03. The third-order valence-electron chi connectivity index (χ3n) is 2.60. The fourth-order valence-electron chi connectivity index (χ4n) is 1.71. The first-order valence-corrected chi connectivity index (χ1v) is 7.29. The van der Waals surface area contributed by atoms with Gasteiger partial charge in [-0.05, 0) is 12.8 Å². The van der Waals surface area contributed by atoms with E-state index in [0.717, 1.165) is 56.0 Å². The van der Waals surface area contributed by atoms with Crippen LogP contribution in [0.4, 0.5) is 0 Å². The van der Waals surface area contributed by atoms with Crippen molar-refractivity contribution in [2.75, 3.05) is 53.1 Å². The van der Waals surface area contributed by atoms with Crippen molar-refractivity contribution in [1.29, 1.82) is 0 Å². The predicted molar refractivity (Wildman–Crippen MR) is 76.3 cm³/mol. The molecule has 0 radical (unpaired) electrons. The van der Waals surface area contributed by atoms with Crippen LogP contribution in [-0.4, -0.2) is 67.2 Å². The van der Waals surface area contributed by atoms with E-state index in [1.54, 1.807) is 26.0 Å². The molecular weight excluding hydrogens is 256 g/mol. The Bertz CT molecular complexity index is 230. The van der Waals surface area contributed by atoms with Crippen LogP contribution in [0.1, 0.15) is 12.8 Å². The van der Waals surface area contributed by atoms with Crippen molar-refractivity contribution in [3.63, 3.8) is 0 Å². The molecule has 0 aromatic rings. The Balaban J connectivity index is 2.24. The number of hydrogen-bond donors (Lipinski definition) is 0. The Morgan fingerprint density at radius 2 is 1.82 bits per heavy atom. The maximum atomic E-state index is 5.36. The molecule has 1 heterocycles. The first-order valence-electron chi connectivity index (χ1n) is 5.90. The van der Waals surface area contributed by atoms with Gasteiger partial charge in [0.1, 0.15) is 4.32 Å². The normalized spacial score (nSPS) is 17.8. The minimum atomic E-state index is 0.799. The van der Waals surface area contributed by atoms with Crippen molar-refractivity contribution in [2.45, 2.75) is 12.8 Å². The van der Waals surface area contributed by atoms with Crippen LogP contribution in [0.5, 0.6) is 0 Å². The number of hydrogen-bond acceptors (Lipinski definition) is 5. The summed E-state index contributed by atoms with van der Waals surface area (Å²) in [6.45, 7) is 4.63. The molecule has 0 atom stereocenters. The Labute approximate surface area is 114 Å². The minimum absolute atomic E-state index is 0.799. The molecule has 1 rings (SSSR count). The van der Waals surface area contributed by atoms with Crippen LogP contribution in [0.15, 0.2) is 0 Å². The topological polar surface area (TPSA) is 24.9 Å². The Kier molecular flexibility index (Phi) is 8.13. The smallest absolute Gasteiger partial charge is 0.138 e. The summed E-state index contributed by atoms with van der Waals surface area (Å²) >= 11 is 7.11. The number of thioether (sulfide) groups is 1. The van der Waals surface area contributed by atoms with E-state index in [1.807, 2.05) is 0 Å². The lowest BCUT2D eigenvalue weighted by atomic mass is 10.4. The summed E-state index contributed by atoms with van der Waals surface area (Å²) in [5.74, 6) is 1.00. The molecule has 4 nitrogen and oxygen atoms in total. The largest absolute Gasteiger partial charge is 0.385 e. The van der Waals surface area contributed by atoms with Gasteiger partial charge in [-0.2, -0.15) is 0 Å². The van der Waals surface area contributed by atoms with Gasteiger partial charge in [-0.25, -0.2) is 0 Å². The Morgan fingerprint density at radius 3 is 2.47 bits per heavy atom. The molecular formula is C11H22N2O2S2. The zero-order chi connectivity index (χ0) is 12.5. The predicted octanol–water partition coefficient (Wildman–Crippen LogP) is 1.61. The van der Waals surface area contributed by atoms with Crippen LogP contribution in [0.25, 0.3) is 0 Å². The first kappa shape index (κ1) is 15.2. The van der Waals surface area contributed by atoms with Gasteiger partial charge < -0.3 is 14.4 Å². The van der Waals surface area contributed by atoms with Crippen molar-refractivity contribution in [3.8, 4) is 0 Å². The summed E-state index contributed by atoms with van der Waals surface area (Å²) < 4.78 is 11.2. The van der Waals surface area contributed by atoms with Crippen LogP contribution in [0.3, 0.4) is 0 Å². The molecule has 17 heavy (non-hydrogen) atoms. The fourth-order valence-corrected chi connectivity index (χ4v) is 2.85. The molecule has 0 aromatic heterocycles. The highest BCUT2D eigenvalue weighted by Gasteiger charge is 2.20. The molecule has 0 amide bonds. The zero-order valence-corrected chi connectivity index (χ0v) is 12.3. The number of rotatable bonds is 8. The number of methoxy groups -OCH3 is 2. The number of nitrogens with zero attached hydrogens (tertiary/aromatic N) is 2. The Morgan fingerprint density at radius 1 is 1.18 bits per heavy atom. The molecule has 0 unspecified atom stereocenters. The lowest BCUT2D eigenvalue weighted by Gasteiger charge is -2.36. The van der Waals surface area contributed by atoms with Gasteiger partial charge in [0.05, 0.1) is 12.5 Å². The van der Waals surface area contributed by atoms with E-state index in [1.165, 1.54) is 0 Å². The van der Waals surface area contributed by atoms with E-state index in [0.29, 0.717) is 0 Å². The van der Waals surface area contributed by atoms with Crippen LogP contribution >= 0.6 is 24.0 Å². The molecule has 0 N–H and O–H groups in total. The summed E-state index contributed by atoms with van der Waals surface area (Å²) in [6, 6.07) is 0.